The Morgan fingerprint density at radius 3 is 2.51 bits per heavy atom. The lowest BCUT2D eigenvalue weighted by Gasteiger charge is -2.31. The van der Waals surface area contributed by atoms with Crippen LogP contribution in [0.15, 0.2) is 48.7 Å². The van der Waals surface area contributed by atoms with Gasteiger partial charge in [-0.05, 0) is 72.8 Å². The van der Waals surface area contributed by atoms with E-state index >= 15 is 0 Å². The second kappa shape index (κ2) is 11.2. The standard InChI is InChI=1S/C26H32F3N7O/c27-26(28,29)17-36-25(32-33-34-36)20-10-12-35(13-11-20)16-22-7-6-18(15-30-22)14-21-8-9-23(31-21)24(37)19-4-2-1-3-5-19/h1-7,15,20-21,23-24,31,37H,8-14,16-17H2/t21-,23+,24+/m0/s1. The van der Waals surface area contributed by atoms with Crippen LogP contribution in [0.5, 0.6) is 0 Å². The summed E-state index contributed by atoms with van der Waals surface area (Å²) >= 11 is 0. The van der Waals surface area contributed by atoms with E-state index in [1.807, 2.05) is 36.5 Å². The topological polar surface area (TPSA) is 92.0 Å². The van der Waals surface area contributed by atoms with Gasteiger partial charge < -0.3 is 10.4 Å². The van der Waals surface area contributed by atoms with E-state index in [-0.39, 0.29) is 12.0 Å². The maximum absolute atomic E-state index is 12.8. The summed E-state index contributed by atoms with van der Waals surface area (Å²) in [6, 6.07) is 14.3. The fourth-order valence-corrected chi connectivity index (χ4v) is 5.46. The fourth-order valence-electron chi connectivity index (χ4n) is 5.46. The molecule has 8 nitrogen and oxygen atoms in total. The molecule has 0 amide bonds. The van der Waals surface area contributed by atoms with E-state index in [1.54, 1.807) is 0 Å². The number of nitrogens with zero attached hydrogens (tertiary/aromatic N) is 6. The third-order valence-electron chi connectivity index (χ3n) is 7.39. The van der Waals surface area contributed by atoms with Gasteiger partial charge in [0.05, 0.1) is 11.8 Å². The molecule has 2 aromatic heterocycles. The molecule has 2 fully saturated rings. The number of nitrogens with one attached hydrogen (secondary N) is 1. The van der Waals surface area contributed by atoms with E-state index in [1.165, 1.54) is 0 Å². The van der Waals surface area contributed by atoms with E-state index < -0.39 is 18.8 Å². The van der Waals surface area contributed by atoms with Gasteiger partial charge in [0.15, 0.2) is 5.82 Å². The van der Waals surface area contributed by atoms with Crippen molar-refractivity contribution in [3.05, 3.63) is 71.3 Å². The third-order valence-corrected chi connectivity index (χ3v) is 7.39. The molecule has 37 heavy (non-hydrogen) atoms. The first-order valence-corrected chi connectivity index (χ1v) is 12.8. The molecule has 5 rings (SSSR count). The first kappa shape index (κ1) is 25.7. The molecule has 11 heteroatoms. The van der Waals surface area contributed by atoms with Crippen LogP contribution in [0.1, 0.15) is 60.4 Å². The molecule has 4 heterocycles. The Labute approximate surface area is 213 Å². The summed E-state index contributed by atoms with van der Waals surface area (Å²) in [7, 11) is 0. The van der Waals surface area contributed by atoms with Crippen LogP contribution in [0.3, 0.4) is 0 Å². The Hall–Kier alpha value is -2.89. The molecule has 2 N–H and O–H groups in total. The molecule has 0 unspecified atom stereocenters. The smallest absolute Gasteiger partial charge is 0.387 e. The van der Waals surface area contributed by atoms with Crippen LogP contribution < -0.4 is 5.32 Å². The Kier molecular flexibility index (Phi) is 7.82. The predicted molar refractivity (Wildman–Crippen MR) is 130 cm³/mol. The molecule has 0 radical (unpaired) electrons. The second-order valence-electron chi connectivity index (χ2n) is 10.1. The highest BCUT2D eigenvalue weighted by atomic mass is 19.4. The summed E-state index contributed by atoms with van der Waals surface area (Å²) in [4.78, 5) is 6.93. The Balaban J connectivity index is 1.08. The molecular formula is C26H32F3N7O. The van der Waals surface area contributed by atoms with E-state index in [9.17, 15) is 18.3 Å². The summed E-state index contributed by atoms with van der Waals surface area (Å²) in [5, 5.41) is 25.1. The summed E-state index contributed by atoms with van der Waals surface area (Å²) in [6.07, 6.45) is 1.30. The van der Waals surface area contributed by atoms with E-state index in [0.717, 1.165) is 53.9 Å². The van der Waals surface area contributed by atoms with Crippen molar-refractivity contribution in [3.8, 4) is 0 Å². The van der Waals surface area contributed by atoms with Gasteiger partial charge >= 0.3 is 6.18 Å². The van der Waals surface area contributed by atoms with Crippen molar-refractivity contribution in [2.75, 3.05) is 13.1 Å². The second-order valence-corrected chi connectivity index (χ2v) is 10.1. The van der Waals surface area contributed by atoms with Crippen LogP contribution in [0.2, 0.25) is 0 Å². The molecular weight excluding hydrogens is 483 g/mol. The maximum atomic E-state index is 12.8. The van der Waals surface area contributed by atoms with Crippen molar-refractivity contribution >= 4 is 0 Å². The summed E-state index contributed by atoms with van der Waals surface area (Å²) in [6.45, 7) is 1.05. The summed E-state index contributed by atoms with van der Waals surface area (Å²) < 4.78 is 39.2. The molecule has 3 atom stereocenters. The molecule has 0 saturated carbocycles. The minimum Gasteiger partial charge on any atom is -0.387 e. The van der Waals surface area contributed by atoms with Crippen LogP contribution in [0.25, 0.3) is 0 Å². The van der Waals surface area contributed by atoms with Crippen molar-refractivity contribution in [1.29, 1.82) is 0 Å². The number of hydrogen-bond donors (Lipinski definition) is 2. The first-order valence-electron chi connectivity index (χ1n) is 12.8. The number of aliphatic hydroxyl groups is 1. The average molecular weight is 516 g/mol. The number of pyridine rings is 1. The number of benzene rings is 1. The van der Waals surface area contributed by atoms with Gasteiger partial charge in [0.25, 0.3) is 0 Å². The molecule has 3 aromatic rings. The van der Waals surface area contributed by atoms with Crippen molar-refractivity contribution in [2.24, 2.45) is 0 Å². The van der Waals surface area contributed by atoms with E-state index in [0.29, 0.717) is 31.3 Å². The molecule has 1 aromatic carbocycles. The normalized spacial score (nSPS) is 22.4. The number of tetrazole rings is 1. The Morgan fingerprint density at radius 1 is 1.03 bits per heavy atom. The molecule has 2 aliphatic rings. The van der Waals surface area contributed by atoms with Crippen LogP contribution in [0.4, 0.5) is 13.2 Å². The minimum absolute atomic E-state index is 0.0561. The van der Waals surface area contributed by atoms with Crippen molar-refractivity contribution in [1.82, 2.24) is 35.4 Å². The maximum Gasteiger partial charge on any atom is 0.408 e. The van der Waals surface area contributed by atoms with Gasteiger partial charge in [0.2, 0.25) is 0 Å². The number of alkyl halides is 3. The average Bonchev–Trinajstić information content (AvgIpc) is 3.54. The Bertz CT molecular complexity index is 1130. The van der Waals surface area contributed by atoms with E-state index in [4.69, 9.17) is 0 Å². The third kappa shape index (κ3) is 6.71. The number of aliphatic hydroxyl groups excluding tert-OH is 1. The number of rotatable bonds is 8. The lowest BCUT2D eigenvalue weighted by Crippen LogP contribution is -2.35. The van der Waals surface area contributed by atoms with Gasteiger partial charge in [-0.15, -0.1) is 5.10 Å². The molecule has 2 saturated heterocycles. The highest BCUT2D eigenvalue weighted by Crippen LogP contribution is 2.29. The van der Waals surface area contributed by atoms with Gasteiger partial charge in [-0.1, -0.05) is 36.4 Å². The van der Waals surface area contributed by atoms with Gasteiger partial charge in [-0.3, -0.25) is 9.88 Å². The number of halogens is 3. The monoisotopic (exact) mass is 515 g/mol. The van der Waals surface area contributed by atoms with Gasteiger partial charge in [0.1, 0.15) is 6.54 Å². The minimum atomic E-state index is -4.35. The quantitative estimate of drug-likeness (QED) is 0.475. The van der Waals surface area contributed by atoms with Crippen LogP contribution in [-0.2, 0) is 19.5 Å². The highest BCUT2D eigenvalue weighted by molar-refractivity contribution is 5.20. The lowest BCUT2D eigenvalue weighted by molar-refractivity contribution is -0.143. The molecule has 0 bridgehead atoms. The largest absolute Gasteiger partial charge is 0.408 e. The Morgan fingerprint density at radius 2 is 1.81 bits per heavy atom. The predicted octanol–water partition coefficient (Wildman–Crippen LogP) is 3.41. The zero-order chi connectivity index (χ0) is 25.8. The van der Waals surface area contributed by atoms with Crippen LogP contribution in [-0.4, -0.2) is 66.5 Å². The van der Waals surface area contributed by atoms with Crippen molar-refractivity contribution in [3.63, 3.8) is 0 Å². The highest BCUT2D eigenvalue weighted by Gasteiger charge is 2.33. The molecule has 0 aliphatic carbocycles. The van der Waals surface area contributed by atoms with Crippen LogP contribution in [0, 0.1) is 0 Å². The molecule has 2 aliphatic heterocycles. The van der Waals surface area contributed by atoms with Crippen molar-refractivity contribution in [2.45, 2.75) is 75.5 Å². The van der Waals surface area contributed by atoms with E-state index in [2.05, 4.69) is 42.9 Å². The number of piperidine rings is 1. The molecule has 0 spiro atoms. The van der Waals surface area contributed by atoms with Gasteiger partial charge in [0, 0.05) is 30.7 Å². The van der Waals surface area contributed by atoms with Gasteiger partial charge in [-0.2, -0.15) is 13.2 Å². The van der Waals surface area contributed by atoms with Crippen LogP contribution >= 0.6 is 0 Å². The zero-order valence-corrected chi connectivity index (χ0v) is 20.6. The number of hydrogen-bond acceptors (Lipinski definition) is 7. The molecule has 198 valence electrons. The summed E-state index contributed by atoms with van der Waals surface area (Å²) in [5.41, 5.74) is 3.07. The summed E-state index contributed by atoms with van der Waals surface area (Å²) in [5.74, 6) is 0.241. The first-order chi connectivity index (χ1) is 17.8. The van der Waals surface area contributed by atoms with Gasteiger partial charge in [-0.25, -0.2) is 4.68 Å². The fraction of sp³-hybridized carbons (Fsp3) is 0.538. The number of aromatic nitrogens is 5. The lowest BCUT2D eigenvalue weighted by atomic mass is 9.96. The zero-order valence-electron chi connectivity index (χ0n) is 20.6. The SMILES string of the molecule is O[C@H](c1ccccc1)[C@H]1CC[C@@H](Cc2ccc(CN3CCC(c4nnnn4CC(F)(F)F)CC3)nc2)N1. The number of likely N-dealkylation sites (tertiary alicyclic amines) is 1. The van der Waals surface area contributed by atoms with Crippen molar-refractivity contribution < 1.29 is 18.3 Å².